The van der Waals surface area contributed by atoms with E-state index < -0.39 is 22.0 Å². The second kappa shape index (κ2) is 10.6. The number of hydrogen-bond acceptors (Lipinski definition) is 5. The Kier molecular flexibility index (Phi) is 7.65. The van der Waals surface area contributed by atoms with Gasteiger partial charge in [0.1, 0.15) is 11.9 Å². The van der Waals surface area contributed by atoms with Gasteiger partial charge in [0, 0.05) is 24.7 Å². The number of carboxylic acid groups (broad SMARTS) is 1. The molecule has 0 saturated heterocycles. The first-order chi connectivity index (χ1) is 17.0. The number of likely N-dealkylation sites (N-methyl/N-ethyl adjacent to an activating group) is 1. The summed E-state index contributed by atoms with van der Waals surface area (Å²) in [5.74, 6) is -1.55. The zero-order chi connectivity index (χ0) is 26.0. The lowest BCUT2D eigenvalue weighted by Gasteiger charge is -2.34. The fourth-order valence-corrected chi connectivity index (χ4v) is 6.44. The van der Waals surface area contributed by atoms with E-state index in [9.17, 15) is 27.5 Å². The van der Waals surface area contributed by atoms with Crippen molar-refractivity contribution in [3.8, 4) is 0 Å². The van der Waals surface area contributed by atoms with Crippen LogP contribution in [0.2, 0.25) is 0 Å². The van der Waals surface area contributed by atoms with Crippen LogP contribution >= 0.6 is 0 Å². The van der Waals surface area contributed by atoms with Gasteiger partial charge in [-0.25, -0.2) is 22.3 Å². The Morgan fingerprint density at radius 1 is 1.06 bits per heavy atom. The molecule has 1 aliphatic heterocycles. The molecular formula is C26H32FN3O5S. The Morgan fingerprint density at radius 3 is 2.36 bits per heavy atom. The first-order valence-electron chi connectivity index (χ1n) is 12.2. The van der Waals surface area contributed by atoms with Crippen molar-refractivity contribution in [3.05, 3.63) is 59.4 Å². The minimum absolute atomic E-state index is 0.0844. The van der Waals surface area contributed by atoms with Crippen molar-refractivity contribution in [1.29, 1.82) is 0 Å². The van der Waals surface area contributed by atoms with E-state index in [1.54, 1.807) is 42.3 Å². The van der Waals surface area contributed by atoms with Crippen molar-refractivity contribution in [1.82, 2.24) is 10.0 Å². The molecule has 1 aliphatic carbocycles. The number of sulfonamides is 1. The summed E-state index contributed by atoms with van der Waals surface area (Å²) in [4.78, 5) is 26.0. The predicted octanol–water partition coefficient (Wildman–Crippen LogP) is 3.38. The molecule has 2 aromatic carbocycles. The quantitative estimate of drug-likeness (QED) is 0.519. The van der Waals surface area contributed by atoms with E-state index in [1.807, 2.05) is 6.92 Å². The van der Waals surface area contributed by atoms with Gasteiger partial charge in [0.05, 0.1) is 10.9 Å². The van der Waals surface area contributed by atoms with Gasteiger partial charge in [0.15, 0.2) is 0 Å². The molecule has 1 amide bonds. The summed E-state index contributed by atoms with van der Waals surface area (Å²) in [7, 11) is -2.14. The maximum Gasteiger partial charge on any atom is 0.326 e. The number of nitrogens with zero attached hydrogens (tertiary/aromatic N) is 1. The van der Waals surface area contributed by atoms with E-state index >= 15 is 0 Å². The maximum absolute atomic E-state index is 13.1. The third kappa shape index (κ3) is 5.70. The molecule has 2 atom stereocenters. The average molecular weight is 518 g/mol. The molecule has 1 saturated carbocycles. The summed E-state index contributed by atoms with van der Waals surface area (Å²) in [5, 5.41) is 12.4. The number of anilines is 1. The molecule has 8 nitrogen and oxygen atoms in total. The molecule has 2 aliphatic rings. The molecule has 2 aromatic rings. The van der Waals surface area contributed by atoms with Crippen LogP contribution in [0.3, 0.4) is 0 Å². The van der Waals surface area contributed by atoms with Gasteiger partial charge in [-0.3, -0.25) is 4.79 Å². The third-order valence-corrected chi connectivity index (χ3v) is 8.85. The number of amides is 1. The molecule has 1 heterocycles. The van der Waals surface area contributed by atoms with Gasteiger partial charge in [0.2, 0.25) is 15.9 Å². The maximum atomic E-state index is 13.1. The molecule has 4 rings (SSSR count). The van der Waals surface area contributed by atoms with Crippen LogP contribution in [-0.2, 0) is 26.0 Å². The first kappa shape index (κ1) is 26.1. The van der Waals surface area contributed by atoms with Gasteiger partial charge in [-0.1, -0.05) is 18.2 Å². The number of fused-ring (bicyclic) bond motifs is 1. The molecule has 0 spiro atoms. The van der Waals surface area contributed by atoms with Crippen molar-refractivity contribution in [2.75, 3.05) is 11.9 Å². The Morgan fingerprint density at radius 2 is 1.72 bits per heavy atom. The summed E-state index contributed by atoms with van der Waals surface area (Å²) in [6.45, 7) is 1.85. The van der Waals surface area contributed by atoms with Crippen LogP contribution in [0, 0.1) is 11.7 Å². The number of aliphatic carboxylic acids is 1. The average Bonchev–Trinajstić information content (AvgIpc) is 2.84. The summed E-state index contributed by atoms with van der Waals surface area (Å²) in [6, 6.07) is 9.65. The normalized spacial score (nSPS) is 23.0. The topological polar surface area (TPSA) is 116 Å². The summed E-state index contributed by atoms with van der Waals surface area (Å²) >= 11 is 0. The fourth-order valence-electron chi connectivity index (χ4n) is 5.12. The lowest BCUT2D eigenvalue weighted by molar-refractivity contribution is -0.138. The minimum atomic E-state index is -3.81. The van der Waals surface area contributed by atoms with Crippen LogP contribution in [0.25, 0.3) is 0 Å². The zero-order valence-corrected chi connectivity index (χ0v) is 21.2. The van der Waals surface area contributed by atoms with Gasteiger partial charge in [-0.15, -0.1) is 0 Å². The Balaban J connectivity index is 1.34. The van der Waals surface area contributed by atoms with Crippen molar-refractivity contribution < 1.29 is 27.5 Å². The zero-order valence-electron chi connectivity index (χ0n) is 20.4. The molecule has 3 N–H and O–H groups in total. The number of nitrogens with one attached hydrogen (secondary N) is 2. The van der Waals surface area contributed by atoms with Gasteiger partial charge < -0.3 is 15.3 Å². The molecule has 10 heteroatoms. The van der Waals surface area contributed by atoms with Crippen LogP contribution < -0.4 is 14.9 Å². The molecular weight excluding hydrogens is 485 g/mol. The van der Waals surface area contributed by atoms with Gasteiger partial charge in [0.25, 0.3) is 0 Å². The number of carboxylic acids is 1. The van der Waals surface area contributed by atoms with Crippen molar-refractivity contribution in [2.45, 2.75) is 68.5 Å². The summed E-state index contributed by atoms with van der Waals surface area (Å²) < 4.78 is 42.1. The van der Waals surface area contributed by atoms with Crippen molar-refractivity contribution in [2.24, 2.45) is 5.92 Å². The standard InChI is InChI=1S/C26H32FN3O5S/c1-16(17-3-9-20(27)10-4-17)28-25(31)19-5-11-21(12-6-19)29-36(34,35)22-13-7-18-8-14-23(26(32)33)30(2)24(18)15-22/h3-4,7,9-10,13,15-16,19,21,23,29H,5-6,8,11-12,14H2,1-2H3,(H,28,31)(H,32,33)/t16-,19-,21-,23-/m1/s1. The van der Waals surface area contributed by atoms with E-state index in [-0.39, 0.29) is 34.6 Å². The monoisotopic (exact) mass is 517 g/mol. The third-order valence-electron chi connectivity index (χ3n) is 7.34. The number of halogens is 1. The van der Waals surface area contributed by atoms with Gasteiger partial charge in [-0.05, 0) is 80.8 Å². The highest BCUT2D eigenvalue weighted by molar-refractivity contribution is 7.89. The molecule has 36 heavy (non-hydrogen) atoms. The Labute approximate surface area is 210 Å². The largest absolute Gasteiger partial charge is 0.480 e. The van der Waals surface area contributed by atoms with E-state index in [4.69, 9.17) is 0 Å². The molecule has 1 fully saturated rings. The van der Waals surface area contributed by atoms with E-state index in [1.165, 1.54) is 12.1 Å². The van der Waals surface area contributed by atoms with Crippen LogP contribution in [0.1, 0.15) is 56.2 Å². The predicted molar refractivity (Wildman–Crippen MR) is 134 cm³/mol. The number of carbonyl (C=O) groups is 2. The SMILES string of the molecule is C[C@@H](NC(=O)[C@H]1CC[C@H](NS(=O)(=O)c2ccc3c(c2)N(C)[C@@H](C(=O)O)CC3)CC1)c1ccc(F)cc1. The number of carbonyl (C=O) groups excluding carboxylic acids is 1. The second-order valence-corrected chi connectivity index (χ2v) is 11.5. The summed E-state index contributed by atoms with van der Waals surface area (Å²) in [5.41, 5.74) is 2.36. The minimum Gasteiger partial charge on any atom is -0.480 e. The van der Waals surface area contributed by atoms with E-state index in [2.05, 4.69) is 10.0 Å². The summed E-state index contributed by atoms with van der Waals surface area (Å²) in [6.07, 6.45) is 3.24. The van der Waals surface area contributed by atoms with Crippen molar-refractivity contribution in [3.63, 3.8) is 0 Å². The lowest BCUT2D eigenvalue weighted by atomic mass is 9.85. The first-order valence-corrected chi connectivity index (χ1v) is 13.7. The van der Waals surface area contributed by atoms with Crippen molar-refractivity contribution >= 4 is 27.6 Å². The lowest BCUT2D eigenvalue weighted by Crippen LogP contribution is -2.42. The van der Waals surface area contributed by atoms with Crippen LogP contribution in [0.4, 0.5) is 10.1 Å². The number of benzene rings is 2. The smallest absolute Gasteiger partial charge is 0.326 e. The highest BCUT2D eigenvalue weighted by Gasteiger charge is 2.32. The molecule has 0 unspecified atom stereocenters. The number of aryl methyl sites for hydroxylation is 1. The molecule has 0 aromatic heterocycles. The van der Waals surface area contributed by atoms with Crippen LogP contribution in [-0.4, -0.2) is 44.5 Å². The molecule has 194 valence electrons. The Hall–Kier alpha value is -2.98. The molecule has 0 radical (unpaired) electrons. The highest BCUT2D eigenvalue weighted by atomic mass is 32.2. The van der Waals surface area contributed by atoms with Crippen LogP contribution in [0.5, 0.6) is 0 Å². The van der Waals surface area contributed by atoms with Gasteiger partial charge in [-0.2, -0.15) is 0 Å². The Bertz CT molecular complexity index is 1230. The fraction of sp³-hybridized carbons (Fsp3) is 0.462. The number of hydrogen-bond donors (Lipinski definition) is 3. The van der Waals surface area contributed by atoms with Gasteiger partial charge >= 0.3 is 5.97 Å². The van der Waals surface area contributed by atoms with E-state index in [0.717, 1.165) is 11.1 Å². The number of rotatable bonds is 7. The highest BCUT2D eigenvalue weighted by Crippen LogP contribution is 2.32. The van der Waals surface area contributed by atoms with E-state index in [0.29, 0.717) is 44.2 Å². The second-order valence-electron chi connectivity index (χ2n) is 9.75. The molecule has 0 bridgehead atoms. The van der Waals surface area contributed by atoms with Crippen LogP contribution in [0.15, 0.2) is 47.4 Å².